The molecule has 2 N–H and O–H groups in total. The molecule has 0 aromatic carbocycles. The van der Waals surface area contributed by atoms with Gasteiger partial charge in [0.2, 0.25) is 5.91 Å². The first kappa shape index (κ1) is 15.4. The lowest BCUT2D eigenvalue weighted by Gasteiger charge is -2.43. The second-order valence-electron chi connectivity index (χ2n) is 6.32. The highest BCUT2D eigenvalue weighted by Crippen LogP contribution is 2.16. The summed E-state index contributed by atoms with van der Waals surface area (Å²) in [5.41, 5.74) is 5.84. The average Bonchev–Trinajstić information content (AvgIpc) is 2.36. The van der Waals surface area contributed by atoms with Crippen LogP contribution in [0.25, 0.3) is 0 Å². The molecule has 1 heterocycles. The number of nitrogens with zero attached hydrogens (tertiary/aromatic N) is 2. The molecule has 18 heavy (non-hydrogen) atoms. The summed E-state index contributed by atoms with van der Waals surface area (Å²) in [7, 11) is 0. The molecule has 1 saturated heterocycles. The third kappa shape index (κ3) is 4.25. The Labute approximate surface area is 111 Å². The van der Waals surface area contributed by atoms with Gasteiger partial charge in [-0.15, -0.1) is 0 Å². The van der Waals surface area contributed by atoms with Crippen LogP contribution >= 0.6 is 0 Å². The van der Waals surface area contributed by atoms with Gasteiger partial charge in [0.1, 0.15) is 0 Å². The molecular formula is C14H29N3O. The lowest BCUT2D eigenvalue weighted by atomic mass is 10.0. The van der Waals surface area contributed by atoms with E-state index in [1.165, 1.54) is 0 Å². The molecule has 0 bridgehead atoms. The summed E-state index contributed by atoms with van der Waals surface area (Å²) in [6, 6.07) is 0. The smallest absolute Gasteiger partial charge is 0.222 e. The van der Waals surface area contributed by atoms with Crippen LogP contribution in [0.1, 0.15) is 40.5 Å². The highest BCUT2D eigenvalue weighted by molar-refractivity contribution is 5.76. The second-order valence-corrected chi connectivity index (χ2v) is 6.32. The van der Waals surface area contributed by atoms with Crippen molar-refractivity contribution in [3.8, 4) is 0 Å². The number of rotatable bonds is 5. The minimum absolute atomic E-state index is 0.0487. The van der Waals surface area contributed by atoms with Crippen molar-refractivity contribution in [2.75, 3.05) is 32.7 Å². The topological polar surface area (TPSA) is 49.6 Å². The van der Waals surface area contributed by atoms with Crippen LogP contribution in [-0.2, 0) is 4.79 Å². The van der Waals surface area contributed by atoms with E-state index in [-0.39, 0.29) is 5.54 Å². The Hall–Kier alpha value is -0.610. The van der Waals surface area contributed by atoms with Gasteiger partial charge < -0.3 is 10.6 Å². The fourth-order valence-corrected chi connectivity index (χ4v) is 2.26. The van der Waals surface area contributed by atoms with E-state index in [0.717, 1.165) is 32.6 Å². The molecule has 4 heteroatoms. The number of hydrogen-bond acceptors (Lipinski definition) is 3. The zero-order valence-corrected chi connectivity index (χ0v) is 12.4. The number of piperazine rings is 1. The van der Waals surface area contributed by atoms with Crippen LogP contribution in [-0.4, -0.2) is 54.0 Å². The molecule has 0 saturated carbocycles. The number of amides is 1. The van der Waals surface area contributed by atoms with Gasteiger partial charge in [-0.05, 0) is 26.2 Å². The first-order valence-electron chi connectivity index (χ1n) is 7.09. The van der Waals surface area contributed by atoms with Gasteiger partial charge in [-0.2, -0.15) is 0 Å². The number of carbonyl (C=O) groups excluding carboxylic acids is 1. The minimum atomic E-state index is 0.0487. The molecule has 1 rings (SSSR count). The number of hydrogen-bond donors (Lipinski definition) is 1. The zero-order valence-electron chi connectivity index (χ0n) is 12.4. The highest BCUT2D eigenvalue weighted by atomic mass is 16.2. The maximum atomic E-state index is 12.0. The van der Waals surface area contributed by atoms with Crippen molar-refractivity contribution in [2.24, 2.45) is 11.7 Å². The molecule has 106 valence electrons. The first-order valence-corrected chi connectivity index (χ1v) is 7.09. The fourth-order valence-electron chi connectivity index (χ4n) is 2.26. The minimum Gasteiger partial charge on any atom is -0.340 e. The maximum Gasteiger partial charge on any atom is 0.222 e. The van der Waals surface area contributed by atoms with Crippen molar-refractivity contribution in [1.29, 1.82) is 0 Å². The van der Waals surface area contributed by atoms with Gasteiger partial charge in [0.25, 0.3) is 0 Å². The lowest BCUT2D eigenvalue weighted by Crippen LogP contribution is -2.58. The van der Waals surface area contributed by atoms with Crippen molar-refractivity contribution >= 4 is 5.91 Å². The summed E-state index contributed by atoms with van der Waals surface area (Å²) in [4.78, 5) is 16.4. The molecule has 0 radical (unpaired) electrons. The molecule has 0 unspecified atom stereocenters. The molecule has 1 amide bonds. The molecule has 0 aromatic rings. The Morgan fingerprint density at radius 3 is 2.22 bits per heavy atom. The van der Waals surface area contributed by atoms with Gasteiger partial charge in [0.05, 0.1) is 0 Å². The van der Waals surface area contributed by atoms with Crippen LogP contribution in [0.5, 0.6) is 0 Å². The predicted octanol–water partition coefficient (Wildman–Crippen LogP) is 1.30. The van der Waals surface area contributed by atoms with E-state index in [2.05, 4.69) is 32.6 Å². The van der Waals surface area contributed by atoms with Gasteiger partial charge in [-0.1, -0.05) is 13.8 Å². The molecule has 1 aliphatic heterocycles. The van der Waals surface area contributed by atoms with Crippen molar-refractivity contribution < 1.29 is 4.79 Å². The van der Waals surface area contributed by atoms with Crippen LogP contribution in [0.3, 0.4) is 0 Å². The summed E-state index contributed by atoms with van der Waals surface area (Å²) in [5.74, 6) is 0.917. The fraction of sp³-hybridized carbons (Fsp3) is 0.929. The molecule has 1 fully saturated rings. The number of carbonyl (C=O) groups is 1. The van der Waals surface area contributed by atoms with Crippen LogP contribution < -0.4 is 5.73 Å². The van der Waals surface area contributed by atoms with E-state index in [1.54, 1.807) is 0 Å². The summed E-state index contributed by atoms with van der Waals surface area (Å²) < 4.78 is 0. The normalized spacial score (nSPS) is 18.4. The molecule has 0 atom stereocenters. The summed E-state index contributed by atoms with van der Waals surface area (Å²) in [6.45, 7) is 12.9. The molecule has 0 aromatic heterocycles. The van der Waals surface area contributed by atoms with E-state index in [1.807, 2.05) is 4.90 Å². The van der Waals surface area contributed by atoms with E-state index < -0.39 is 0 Å². The first-order chi connectivity index (χ1) is 8.36. The van der Waals surface area contributed by atoms with Gasteiger partial charge in [0, 0.05) is 44.7 Å². The molecule has 0 spiro atoms. The van der Waals surface area contributed by atoms with Gasteiger partial charge in [0.15, 0.2) is 0 Å². The Morgan fingerprint density at radius 2 is 1.78 bits per heavy atom. The van der Waals surface area contributed by atoms with Crippen molar-refractivity contribution in [3.63, 3.8) is 0 Å². The third-order valence-electron chi connectivity index (χ3n) is 3.92. The third-order valence-corrected chi connectivity index (χ3v) is 3.92. The Kier molecular flexibility index (Phi) is 5.60. The lowest BCUT2D eigenvalue weighted by molar-refractivity contribution is -0.134. The standard InChI is InChI=1S/C14H29N3O/c1-12(2)5-6-13(18)16-7-9-17(10-8-16)14(3,4)11-15/h12H,5-11,15H2,1-4H3. The maximum absolute atomic E-state index is 12.0. The van der Waals surface area contributed by atoms with E-state index in [0.29, 0.717) is 24.8 Å². The van der Waals surface area contributed by atoms with Crippen LogP contribution in [0.4, 0.5) is 0 Å². The van der Waals surface area contributed by atoms with Crippen LogP contribution in [0.15, 0.2) is 0 Å². The summed E-state index contributed by atoms with van der Waals surface area (Å²) in [6.07, 6.45) is 1.69. The van der Waals surface area contributed by atoms with Crippen LogP contribution in [0.2, 0.25) is 0 Å². The Bertz CT molecular complexity index is 268. The second kappa shape index (κ2) is 6.53. The van der Waals surface area contributed by atoms with Crippen molar-refractivity contribution in [2.45, 2.75) is 46.1 Å². The van der Waals surface area contributed by atoms with Crippen molar-refractivity contribution in [1.82, 2.24) is 9.80 Å². The van der Waals surface area contributed by atoms with Crippen molar-refractivity contribution in [3.05, 3.63) is 0 Å². The molecule has 4 nitrogen and oxygen atoms in total. The van der Waals surface area contributed by atoms with E-state index in [9.17, 15) is 4.79 Å². The summed E-state index contributed by atoms with van der Waals surface area (Å²) >= 11 is 0. The molecular weight excluding hydrogens is 226 g/mol. The SMILES string of the molecule is CC(C)CCC(=O)N1CCN(C(C)(C)CN)CC1. The largest absolute Gasteiger partial charge is 0.340 e. The highest BCUT2D eigenvalue weighted by Gasteiger charge is 2.29. The average molecular weight is 255 g/mol. The summed E-state index contributed by atoms with van der Waals surface area (Å²) in [5, 5.41) is 0. The van der Waals surface area contributed by atoms with Gasteiger partial charge in [-0.25, -0.2) is 0 Å². The zero-order chi connectivity index (χ0) is 13.8. The Morgan fingerprint density at radius 1 is 1.22 bits per heavy atom. The predicted molar refractivity (Wildman–Crippen MR) is 75.4 cm³/mol. The Balaban J connectivity index is 2.37. The number of nitrogens with two attached hydrogens (primary N) is 1. The van der Waals surface area contributed by atoms with E-state index in [4.69, 9.17) is 5.73 Å². The molecule has 1 aliphatic rings. The van der Waals surface area contributed by atoms with Gasteiger partial charge in [-0.3, -0.25) is 9.69 Å². The van der Waals surface area contributed by atoms with Crippen LogP contribution in [0, 0.1) is 5.92 Å². The van der Waals surface area contributed by atoms with E-state index >= 15 is 0 Å². The monoisotopic (exact) mass is 255 g/mol. The quantitative estimate of drug-likeness (QED) is 0.805. The molecule has 0 aliphatic carbocycles. The van der Waals surface area contributed by atoms with Gasteiger partial charge >= 0.3 is 0 Å².